The molecule has 4 heteroatoms. The Morgan fingerprint density at radius 1 is 1.50 bits per heavy atom. The topological polar surface area (TPSA) is 46.3 Å². The van der Waals surface area contributed by atoms with E-state index >= 15 is 0 Å². The van der Waals surface area contributed by atoms with Gasteiger partial charge in [0.15, 0.2) is 0 Å². The molecule has 1 unspecified atom stereocenters. The van der Waals surface area contributed by atoms with E-state index in [2.05, 4.69) is 0 Å². The maximum absolute atomic E-state index is 12.4. The number of carbonyl (C=O) groups excluding carboxylic acids is 1. The van der Waals surface area contributed by atoms with Crippen LogP contribution in [0, 0.1) is 5.41 Å². The van der Waals surface area contributed by atoms with Gasteiger partial charge < -0.3 is 10.6 Å². The van der Waals surface area contributed by atoms with Crippen LogP contribution in [0.15, 0.2) is 24.3 Å². The smallest absolute Gasteiger partial charge is 0.230 e. The summed E-state index contributed by atoms with van der Waals surface area (Å²) in [5, 5.41) is 0.697. The van der Waals surface area contributed by atoms with Crippen molar-refractivity contribution in [3.63, 3.8) is 0 Å². The predicted octanol–water partition coefficient (Wildman–Crippen LogP) is 2.60. The molecule has 0 saturated heterocycles. The molecule has 1 aromatic rings. The lowest BCUT2D eigenvalue weighted by atomic mass is 10.0. The first-order valence-corrected chi connectivity index (χ1v) is 6.61. The van der Waals surface area contributed by atoms with Gasteiger partial charge >= 0.3 is 0 Å². The standard InChI is InChI=1S/C14H19ClN2O/c1-10(11-5-3-4-6-12(11)15)17(2)13(18)14(9-16)7-8-14/h3-6,10H,7-9,16H2,1-2H3. The molecular formula is C14H19ClN2O. The highest BCUT2D eigenvalue weighted by atomic mass is 35.5. The molecule has 1 amide bonds. The minimum Gasteiger partial charge on any atom is -0.338 e. The van der Waals surface area contributed by atoms with Crippen molar-refractivity contribution in [1.29, 1.82) is 0 Å². The van der Waals surface area contributed by atoms with Gasteiger partial charge in [-0.25, -0.2) is 0 Å². The number of carbonyl (C=O) groups is 1. The van der Waals surface area contributed by atoms with Gasteiger partial charge in [-0.3, -0.25) is 4.79 Å². The first-order valence-electron chi connectivity index (χ1n) is 6.23. The third kappa shape index (κ3) is 2.25. The van der Waals surface area contributed by atoms with Crippen molar-refractivity contribution in [2.45, 2.75) is 25.8 Å². The van der Waals surface area contributed by atoms with Crippen molar-refractivity contribution >= 4 is 17.5 Å². The molecule has 0 bridgehead atoms. The largest absolute Gasteiger partial charge is 0.338 e. The summed E-state index contributed by atoms with van der Waals surface area (Å²) in [4.78, 5) is 14.2. The minimum absolute atomic E-state index is 0.0322. The zero-order valence-electron chi connectivity index (χ0n) is 10.8. The molecule has 1 aliphatic carbocycles. The Labute approximate surface area is 113 Å². The molecule has 0 radical (unpaired) electrons. The normalized spacial score (nSPS) is 18.2. The minimum atomic E-state index is -0.301. The van der Waals surface area contributed by atoms with Crippen LogP contribution >= 0.6 is 11.6 Å². The summed E-state index contributed by atoms with van der Waals surface area (Å²) >= 11 is 6.17. The maximum atomic E-state index is 12.4. The molecule has 1 atom stereocenters. The highest BCUT2D eigenvalue weighted by molar-refractivity contribution is 6.31. The summed E-state index contributed by atoms with van der Waals surface area (Å²) in [6, 6.07) is 7.60. The van der Waals surface area contributed by atoms with Crippen LogP contribution in [0.2, 0.25) is 5.02 Å². The summed E-state index contributed by atoms with van der Waals surface area (Å²) in [6.45, 7) is 2.43. The number of hydrogen-bond donors (Lipinski definition) is 1. The monoisotopic (exact) mass is 266 g/mol. The number of nitrogens with zero attached hydrogens (tertiary/aromatic N) is 1. The van der Waals surface area contributed by atoms with Gasteiger partial charge in [-0.05, 0) is 31.4 Å². The Balaban J connectivity index is 2.17. The van der Waals surface area contributed by atoms with E-state index in [1.807, 2.05) is 38.2 Å². The van der Waals surface area contributed by atoms with Gasteiger partial charge in [0.2, 0.25) is 5.91 Å². The van der Waals surface area contributed by atoms with Gasteiger partial charge in [0.25, 0.3) is 0 Å². The number of amides is 1. The van der Waals surface area contributed by atoms with Crippen LogP contribution in [-0.2, 0) is 4.79 Å². The van der Waals surface area contributed by atoms with Gasteiger partial charge in [0, 0.05) is 18.6 Å². The Morgan fingerprint density at radius 3 is 2.61 bits per heavy atom. The van der Waals surface area contributed by atoms with Crippen molar-refractivity contribution in [1.82, 2.24) is 4.90 Å². The SMILES string of the molecule is CC(c1ccccc1Cl)N(C)C(=O)C1(CN)CC1. The molecule has 0 aliphatic heterocycles. The van der Waals surface area contributed by atoms with E-state index in [0.29, 0.717) is 11.6 Å². The van der Waals surface area contributed by atoms with Gasteiger partial charge in [0.1, 0.15) is 0 Å². The van der Waals surface area contributed by atoms with E-state index in [0.717, 1.165) is 18.4 Å². The summed E-state index contributed by atoms with van der Waals surface area (Å²) in [5.74, 6) is 0.136. The molecule has 1 saturated carbocycles. The van der Waals surface area contributed by atoms with Crippen LogP contribution in [0.25, 0.3) is 0 Å². The summed E-state index contributed by atoms with van der Waals surface area (Å²) in [5.41, 5.74) is 6.38. The highest BCUT2D eigenvalue weighted by Gasteiger charge is 2.50. The molecule has 18 heavy (non-hydrogen) atoms. The zero-order valence-corrected chi connectivity index (χ0v) is 11.6. The fourth-order valence-corrected chi connectivity index (χ4v) is 2.52. The lowest BCUT2D eigenvalue weighted by molar-refractivity contribution is -0.137. The predicted molar refractivity (Wildman–Crippen MR) is 73.4 cm³/mol. The van der Waals surface area contributed by atoms with Crippen molar-refractivity contribution in [2.24, 2.45) is 11.1 Å². The third-order valence-corrected chi connectivity index (χ3v) is 4.30. The maximum Gasteiger partial charge on any atom is 0.230 e. The second-order valence-corrected chi connectivity index (χ2v) is 5.51. The molecular weight excluding hydrogens is 248 g/mol. The van der Waals surface area contributed by atoms with Gasteiger partial charge in [-0.1, -0.05) is 29.8 Å². The number of hydrogen-bond acceptors (Lipinski definition) is 2. The fourth-order valence-electron chi connectivity index (χ4n) is 2.23. The number of benzene rings is 1. The van der Waals surface area contributed by atoms with Crippen molar-refractivity contribution < 1.29 is 4.79 Å². The quantitative estimate of drug-likeness (QED) is 0.911. The van der Waals surface area contributed by atoms with Crippen molar-refractivity contribution in [2.75, 3.05) is 13.6 Å². The van der Waals surface area contributed by atoms with Gasteiger partial charge in [0.05, 0.1) is 11.5 Å². The van der Waals surface area contributed by atoms with Crippen LogP contribution in [0.1, 0.15) is 31.4 Å². The van der Waals surface area contributed by atoms with E-state index in [4.69, 9.17) is 17.3 Å². The van der Waals surface area contributed by atoms with Crippen molar-refractivity contribution in [3.05, 3.63) is 34.9 Å². The third-order valence-electron chi connectivity index (χ3n) is 3.95. The Bertz CT molecular complexity index is 457. The second kappa shape index (κ2) is 4.90. The first kappa shape index (κ1) is 13.4. The Kier molecular flexibility index (Phi) is 3.64. The molecule has 2 N–H and O–H groups in total. The van der Waals surface area contributed by atoms with E-state index in [1.165, 1.54) is 0 Å². The molecule has 2 rings (SSSR count). The summed E-state index contributed by atoms with van der Waals surface area (Å²) in [6.07, 6.45) is 1.81. The van der Waals surface area contributed by atoms with Crippen molar-refractivity contribution in [3.8, 4) is 0 Å². The summed E-state index contributed by atoms with van der Waals surface area (Å²) in [7, 11) is 1.83. The molecule has 0 spiro atoms. The average molecular weight is 267 g/mol. The molecule has 3 nitrogen and oxygen atoms in total. The van der Waals surface area contributed by atoms with Crippen LogP contribution in [0.5, 0.6) is 0 Å². The number of rotatable bonds is 4. The highest BCUT2D eigenvalue weighted by Crippen LogP contribution is 2.47. The number of halogens is 1. The molecule has 1 aromatic carbocycles. The first-order chi connectivity index (χ1) is 8.52. The van der Waals surface area contributed by atoms with Gasteiger partial charge in [-0.2, -0.15) is 0 Å². The van der Waals surface area contributed by atoms with E-state index < -0.39 is 0 Å². The van der Waals surface area contributed by atoms with Crippen LogP contribution in [0.4, 0.5) is 0 Å². The van der Waals surface area contributed by atoms with Crippen LogP contribution in [0.3, 0.4) is 0 Å². The summed E-state index contributed by atoms with van der Waals surface area (Å²) < 4.78 is 0. The van der Waals surface area contributed by atoms with Gasteiger partial charge in [-0.15, -0.1) is 0 Å². The Morgan fingerprint density at radius 2 is 2.11 bits per heavy atom. The zero-order chi connectivity index (χ0) is 13.3. The molecule has 98 valence electrons. The molecule has 0 heterocycles. The lowest BCUT2D eigenvalue weighted by Crippen LogP contribution is -2.39. The van der Waals surface area contributed by atoms with E-state index in [9.17, 15) is 4.79 Å². The lowest BCUT2D eigenvalue weighted by Gasteiger charge is -2.29. The fraction of sp³-hybridized carbons (Fsp3) is 0.500. The van der Waals surface area contributed by atoms with Crippen LogP contribution in [-0.4, -0.2) is 24.4 Å². The van der Waals surface area contributed by atoms with E-state index in [-0.39, 0.29) is 17.4 Å². The molecule has 1 aliphatic rings. The van der Waals surface area contributed by atoms with Crippen LogP contribution < -0.4 is 5.73 Å². The Hall–Kier alpha value is -1.06. The average Bonchev–Trinajstić information content (AvgIpc) is 3.18. The second-order valence-electron chi connectivity index (χ2n) is 5.10. The number of nitrogens with two attached hydrogens (primary N) is 1. The van der Waals surface area contributed by atoms with E-state index in [1.54, 1.807) is 4.90 Å². The molecule has 0 aromatic heterocycles. The molecule has 1 fully saturated rings.